The molecule has 1 aliphatic heterocycles. The first-order chi connectivity index (χ1) is 8.93. The summed E-state index contributed by atoms with van der Waals surface area (Å²) in [7, 11) is 0. The second-order valence-corrected chi connectivity index (χ2v) is 5.11. The lowest BCUT2D eigenvalue weighted by molar-refractivity contribution is -0.0377. The summed E-state index contributed by atoms with van der Waals surface area (Å²) in [5, 5.41) is 11.1. The van der Waals surface area contributed by atoms with Gasteiger partial charge in [-0.05, 0) is 24.6 Å². The highest BCUT2D eigenvalue weighted by Crippen LogP contribution is 2.39. The van der Waals surface area contributed by atoms with E-state index in [0.29, 0.717) is 15.8 Å². The van der Waals surface area contributed by atoms with Crippen molar-refractivity contribution in [2.75, 3.05) is 0 Å². The van der Waals surface area contributed by atoms with Gasteiger partial charge in [0, 0.05) is 10.8 Å². The molecule has 0 saturated heterocycles. The van der Waals surface area contributed by atoms with Crippen molar-refractivity contribution in [3.63, 3.8) is 0 Å². The monoisotopic (exact) mass is 295 g/mol. The van der Waals surface area contributed by atoms with Gasteiger partial charge in [0.05, 0.1) is 21.2 Å². The number of amides is 2. The number of carbonyl (C=O) groups is 2. The van der Waals surface area contributed by atoms with Gasteiger partial charge in [-0.1, -0.05) is 29.3 Å². The van der Waals surface area contributed by atoms with Crippen LogP contribution in [0.2, 0.25) is 10.0 Å². The van der Waals surface area contributed by atoms with Gasteiger partial charge in [0.1, 0.15) is 0 Å². The van der Waals surface area contributed by atoms with Gasteiger partial charge in [-0.25, -0.2) is 0 Å². The van der Waals surface area contributed by atoms with Gasteiger partial charge in [-0.3, -0.25) is 14.8 Å². The van der Waals surface area contributed by atoms with Crippen molar-refractivity contribution in [1.82, 2.24) is 5.06 Å². The number of carbonyl (C=O) groups excluding carboxylic acids is 2. The topological polar surface area (TPSA) is 57.6 Å². The summed E-state index contributed by atoms with van der Waals surface area (Å²) in [5.74, 6) is -1.56. The van der Waals surface area contributed by atoms with Gasteiger partial charge in [0.25, 0.3) is 11.8 Å². The van der Waals surface area contributed by atoms with E-state index in [1.54, 1.807) is 12.1 Å². The minimum atomic E-state index is -0.799. The molecular formula is C13H7Cl2NO3. The first-order valence-corrected chi connectivity index (χ1v) is 6.18. The zero-order chi connectivity index (χ0) is 13.9. The molecule has 0 aliphatic carbocycles. The molecule has 0 saturated carbocycles. The van der Waals surface area contributed by atoms with Crippen LogP contribution in [0.1, 0.15) is 26.3 Å². The number of aryl methyl sites for hydroxylation is 1. The molecule has 0 atom stereocenters. The van der Waals surface area contributed by atoms with Crippen LogP contribution < -0.4 is 0 Å². The Kier molecular flexibility index (Phi) is 2.57. The zero-order valence-corrected chi connectivity index (χ0v) is 11.2. The average molecular weight is 296 g/mol. The molecule has 96 valence electrons. The molecule has 0 fully saturated rings. The Bertz CT molecular complexity index is 770. The molecule has 2 aromatic carbocycles. The van der Waals surface area contributed by atoms with Crippen molar-refractivity contribution in [2.24, 2.45) is 0 Å². The van der Waals surface area contributed by atoms with Crippen molar-refractivity contribution in [2.45, 2.75) is 6.92 Å². The molecule has 0 radical (unpaired) electrons. The molecule has 1 heterocycles. The normalized spacial score (nSPS) is 14.4. The maximum absolute atomic E-state index is 11.9. The molecule has 2 aromatic rings. The summed E-state index contributed by atoms with van der Waals surface area (Å²) in [6, 6.07) is 4.63. The fourth-order valence-corrected chi connectivity index (χ4v) is 2.82. The third-order valence-corrected chi connectivity index (χ3v) is 4.02. The predicted octanol–water partition coefficient (Wildman–Crippen LogP) is 3.44. The minimum Gasteiger partial charge on any atom is -0.278 e. The lowest BCUT2D eigenvalue weighted by Gasteiger charge is -2.23. The van der Waals surface area contributed by atoms with Crippen LogP contribution in [0.15, 0.2) is 18.2 Å². The smallest absolute Gasteiger partial charge is 0.278 e. The number of hydroxylamine groups is 2. The van der Waals surface area contributed by atoms with Crippen molar-refractivity contribution in [1.29, 1.82) is 0 Å². The maximum atomic E-state index is 11.9. The summed E-state index contributed by atoms with van der Waals surface area (Å²) >= 11 is 12.2. The Labute approximate surface area is 118 Å². The highest BCUT2D eigenvalue weighted by Gasteiger charge is 2.33. The quantitative estimate of drug-likeness (QED) is 0.598. The molecule has 1 aliphatic rings. The van der Waals surface area contributed by atoms with Crippen LogP contribution in [0, 0.1) is 6.92 Å². The van der Waals surface area contributed by atoms with E-state index in [0.717, 1.165) is 5.56 Å². The van der Waals surface area contributed by atoms with E-state index in [1.165, 1.54) is 6.07 Å². The van der Waals surface area contributed by atoms with Crippen molar-refractivity contribution < 1.29 is 14.8 Å². The Morgan fingerprint density at radius 3 is 2.37 bits per heavy atom. The van der Waals surface area contributed by atoms with E-state index in [-0.39, 0.29) is 21.2 Å². The van der Waals surface area contributed by atoms with Crippen molar-refractivity contribution >= 4 is 45.8 Å². The number of rotatable bonds is 0. The van der Waals surface area contributed by atoms with Gasteiger partial charge in [-0.2, -0.15) is 0 Å². The van der Waals surface area contributed by atoms with E-state index >= 15 is 0 Å². The second kappa shape index (κ2) is 3.93. The van der Waals surface area contributed by atoms with Crippen LogP contribution in [0.3, 0.4) is 0 Å². The number of benzene rings is 2. The second-order valence-electron chi connectivity index (χ2n) is 4.32. The molecule has 1 N–H and O–H groups in total. The highest BCUT2D eigenvalue weighted by molar-refractivity contribution is 6.47. The molecule has 0 spiro atoms. The third kappa shape index (κ3) is 1.51. The highest BCUT2D eigenvalue weighted by atomic mass is 35.5. The fourth-order valence-electron chi connectivity index (χ4n) is 2.32. The fraction of sp³-hybridized carbons (Fsp3) is 0.0769. The maximum Gasteiger partial charge on any atom is 0.285 e. The lowest BCUT2D eigenvalue weighted by Crippen LogP contribution is -2.37. The number of halogens is 2. The van der Waals surface area contributed by atoms with E-state index in [2.05, 4.69) is 0 Å². The molecule has 0 bridgehead atoms. The first-order valence-electron chi connectivity index (χ1n) is 5.42. The molecular weight excluding hydrogens is 289 g/mol. The predicted molar refractivity (Wildman–Crippen MR) is 71.0 cm³/mol. The molecule has 2 amide bonds. The Morgan fingerprint density at radius 2 is 1.68 bits per heavy atom. The largest absolute Gasteiger partial charge is 0.285 e. The van der Waals surface area contributed by atoms with E-state index in [9.17, 15) is 14.8 Å². The van der Waals surface area contributed by atoms with Crippen LogP contribution >= 0.6 is 23.2 Å². The van der Waals surface area contributed by atoms with Gasteiger partial charge >= 0.3 is 0 Å². The Balaban J connectivity index is 2.61. The molecule has 4 nitrogen and oxygen atoms in total. The van der Waals surface area contributed by atoms with Crippen molar-refractivity contribution in [3.8, 4) is 0 Å². The van der Waals surface area contributed by atoms with Gasteiger partial charge in [-0.15, -0.1) is 5.06 Å². The van der Waals surface area contributed by atoms with Crippen molar-refractivity contribution in [3.05, 3.63) is 44.9 Å². The van der Waals surface area contributed by atoms with Crippen LogP contribution in [0.5, 0.6) is 0 Å². The number of hydrogen-bond donors (Lipinski definition) is 1. The molecule has 0 aromatic heterocycles. The van der Waals surface area contributed by atoms with E-state index in [4.69, 9.17) is 23.2 Å². The standard InChI is InChI=1S/C13H7Cl2NO3/c1-5-2-3-6-10-7(13(18)16(19)12(6)17)4-8(14)11(15)9(5)10/h2-4,19H,1H3. The van der Waals surface area contributed by atoms with E-state index < -0.39 is 11.8 Å². The average Bonchev–Trinajstić information content (AvgIpc) is 2.39. The summed E-state index contributed by atoms with van der Waals surface area (Å²) in [6.45, 7) is 1.81. The Morgan fingerprint density at radius 1 is 1.05 bits per heavy atom. The SMILES string of the molecule is Cc1ccc2c3c(cc(Cl)c(Cl)c13)C(=O)N(O)C2=O. The van der Waals surface area contributed by atoms with Crippen LogP contribution in [0.4, 0.5) is 0 Å². The number of imide groups is 1. The lowest BCUT2D eigenvalue weighted by atomic mass is 9.92. The molecule has 19 heavy (non-hydrogen) atoms. The summed E-state index contributed by atoms with van der Waals surface area (Å²) in [4.78, 5) is 23.8. The first kappa shape index (κ1) is 12.4. The summed E-state index contributed by atoms with van der Waals surface area (Å²) in [6.07, 6.45) is 0. The zero-order valence-electron chi connectivity index (χ0n) is 9.70. The van der Waals surface area contributed by atoms with Gasteiger partial charge in [0.2, 0.25) is 0 Å². The van der Waals surface area contributed by atoms with Gasteiger partial charge < -0.3 is 0 Å². The minimum absolute atomic E-state index is 0.0939. The summed E-state index contributed by atoms with van der Waals surface area (Å²) < 4.78 is 0. The van der Waals surface area contributed by atoms with Gasteiger partial charge in [0.15, 0.2) is 0 Å². The third-order valence-electron chi connectivity index (χ3n) is 3.23. The van der Waals surface area contributed by atoms with Crippen LogP contribution in [-0.4, -0.2) is 22.1 Å². The van der Waals surface area contributed by atoms with E-state index in [1.807, 2.05) is 6.92 Å². The number of nitrogens with zero attached hydrogens (tertiary/aromatic N) is 1. The Hall–Kier alpha value is -1.62. The molecule has 6 heteroatoms. The summed E-state index contributed by atoms with van der Waals surface area (Å²) in [5.41, 5.74) is 1.21. The molecule has 3 rings (SSSR count). The number of hydrogen-bond acceptors (Lipinski definition) is 3. The van der Waals surface area contributed by atoms with Crippen LogP contribution in [-0.2, 0) is 0 Å². The van der Waals surface area contributed by atoms with Crippen LogP contribution in [0.25, 0.3) is 10.8 Å². The molecule has 0 unspecified atom stereocenters.